The fourth-order valence-corrected chi connectivity index (χ4v) is 2.32. The number of aliphatic carboxylic acids is 1. The van der Waals surface area contributed by atoms with Crippen molar-refractivity contribution in [3.8, 4) is 0 Å². The van der Waals surface area contributed by atoms with Crippen molar-refractivity contribution in [3.63, 3.8) is 0 Å². The van der Waals surface area contributed by atoms with E-state index in [1.165, 1.54) is 0 Å². The van der Waals surface area contributed by atoms with Gasteiger partial charge in [0.1, 0.15) is 6.10 Å². The molecular formula is C19H21FO6. The van der Waals surface area contributed by atoms with Gasteiger partial charge in [-0.1, -0.05) is 60.7 Å². The Morgan fingerprint density at radius 1 is 1.00 bits per heavy atom. The van der Waals surface area contributed by atoms with Crippen molar-refractivity contribution in [3.05, 3.63) is 71.8 Å². The Balaban J connectivity index is 1.98. The number of ether oxygens (including phenoxy) is 2. The molecule has 0 saturated heterocycles. The molecule has 2 aromatic rings. The molecule has 3 N–H and O–H groups in total. The van der Waals surface area contributed by atoms with Gasteiger partial charge in [0.25, 0.3) is 0 Å². The van der Waals surface area contributed by atoms with E-state index in [0.29, 0.717) is 5.56 Å². The number of rotatable bonds is 10. The third-order valence-electron chi connectivity index (χ3n) is 3.70. The Bertz CT molecular complexity index is 677. The number of carboxylic acid groups (broad SMARTS) is 1. The molecule has 3 atom stereocenters. The molecular weight excluding hydrogens is 343 g/mol. The van der Waals surface area contributed by atoms with E-state index >= 15 is 0 Å². The van der Waals surface area contributed by atoms with Crippen LogP contribution in [0.2, 0.25) is 0 Å². The number of carbonyl (C=O) groups is 1. The summed E-state index contributed by atoms with van der Waals surface area (Å²) in [4.78, 5) is 11.0. The molecule has 2 rings (SSSR count). The predicted octanol–water partition coefficient (Wildman–Crippen LogP) is 1.89. The van der Waals surface area contributed by atoms with E-state index in [-0.39, 0.29) is 13.2 Å². The topological polar surface area (TPSA) is 96.2 Å². The average molecular weight is 364 g/mol. The number of carboxylic acids is 1. The highest BCUT2D eigenvalue weighted by Crippen LogP contribution is 2.22. The fourth-order valence-electron chi connectivity index (χ4n) is 2.32. The molecule has 7 heteroatoms. The van der Waals surface area contributed by atoms with Crippen LogP contribution in [0, 0.1) is 0 Å². The molecule has 0 aromatic heterocycles. The molecule has 0 aliphatic carbocycles. The van der Waals surface area contributed by atoms with Crippen molar-refractivity contribution in [2.24, 2.45) is 0 Å². The zero-order valence-corrected chi connectivity index (χ0v) is 14.0. The van der Waals surface area contributed by atoms with Gasteiger partial charge in [-0.2, -0.15) is 4.39 Å². The number of alkyl halides is 1. The standard InChI is InChI=1S/C19H21FO6/c20-19(24,18(22)23)17(26-12-15-9-5-2-6-10-15)16(21)13-25-11-14-7-3-1-4-8-14/h1-10,16-17,21,24H,11-13H2,(H,22,23)/t16-,17-,19-/m1/s1. The molecule has 6 nitrogen and oxygen atoms in total. The summed E-state index contributed by atoms with van der Waals surface area (Å²) in [5.74, 6) is -5.90. The van der Waals surface area contributed by atoms with Crippen molar-refractivity contribution < 1.29 is 34.0 Å². The first-order valence-corrected chi connectivity index (χ1v) is 8.01. The van der Waals surface area contributed by atoms with Crippen LogP contribution < -0.4 is 0 Å². The van der Waals surface area contributed by atoms with Gasteiger partial charge >= 0.3 is 11.8 Å². The molecule has 0 amide bonds. The molecule has 140 valence electrons. The Morgan fingerprint density at radius 2 is 1.50 bits per heavy atom. The van der Waals surface area contributed by atoms with Crippen LogP contribution >= 0.6 is 0 Å². The summed E-state index contributed by atoms with van der Waals surface area (Å²) >= 11 is 0. The van der Waals surface area contributed by atoms with Crippen LogP contribution in [0.3, 0.4) is 0 Å². The monoisotopic (exact) mass is 364 g/mol. The summed E-state index contributed by atoms with van der Waals surface area (Å²) in [5.41, 5.74) is 1.46. The highest BCUT2D eigenvalue weighted by atomic mass is 19.2. The van der Waals surface area contributed by atoms with E-state index in [1.54, 1.807) is 42.5 Å². The first-order valence-electron chi connectivity index (χ1n) is 8.01. The summed E-state index contributed by atoms with van der Waals surface area (Å²) in [7, 11) is 0. The van der Waals surface area contributed by atoms with Crippen molar-refractivity contribution in [1.29, 1.82) is 0 Å². The highest BCUT2D eigenvalue weighted by molar-refractivity contribution is 5.76. The molecule has 2 aromatic carbocycles. The molecule has 0 radical (unpaired) electrons. The fraction of sp³-hybridized carbons (Fsp3) is 0.316. The molecule has 0 spiro atoms. The van der Waals surface area contributed by atoms with Crippen LogP contribution in [0.5, 0.6) is 0 Å². The molecule has 0 fully saturated rings. The molecule has 26 heavy (non-hydrogen) atoms. The van der Waals surface area contributed by atoms with Crippen molar-refractivity contribution in [2.45, 2.75) is 31.3 Å². The van der Waals surface area contributed by atoms with Crippen LogP contribution in [-0.4, -0.2) is 46.0 Å². The van der Waals surface area contributed by atoms with Crippen LogP contribution in [0.1, 0.15) is 11.1 Å². The first-order chi connectivity index (χ1) is 12.4. The third kappa shape index (κ3) is 5.60. The van der Waals surface area contributed by atoms with Crippen molar-refractivity contribution in [2.75, 3.05) is 6.61 Å². The summed E-state index contributed by atoms with van der Waals surface area (Å²) in [6.07, 6.45) is -3.70. The lowest BCUT2D eigenvalue weighted by Gasteiger charge is -2.29. The largest absolute Gasteiger partial charge is 0.477 e. The van der Waals surface area contributed by atoms with Crippen LogP contribution in [0.15, 0.2) is 60.7 Å². The van der Waals surface area contributed by atoms with E-state index in [1.807, 2.05) is 18.2 Å². The van der Waals surface area contributed by atoms with Gasteiger partial charge in [0.15, 0.2) is 6.10 Å². The van der Waals surface area contributed by atoms with Crippen LogP contribution in [0.4, 0.5) is 4.39 Å². The number of halogens is 1. The Kier molecular flexibility index (Phi) is 7.23. The maximum absolute atomic E-state index is 14.2. The second-order valence-corrected chi connectivity index (χ2v) is 5.76. The second-order valence-electron chi connectivity index (χ2n) is 5.76. The first kappa shape index (κ1) is 20.0. The zero-order chi connectivity index (χ0) is 19.0. The van der Waals surface area contributed by atoms with E-state index in [2.05, 4.69) is 0 Å². The summed E-state index contributed by atoms with van der Waals surface area (Å²) in [6, 6.07) is 17.7. The SMILES string of the molecule is O=C(O)[C@@](O)(F)[C@H](OCc1ccccc1)[C@H](O)COCc1ccccc1. The minimum absolute atomic E-state index is 0.140. The van der Waals surface area contributed by atoms with Gasteiger partial charge in [-0.15, -0.1) is 0 Å². The van der Waals surface area contributed by atoms with E-state index in [0.717, 1.165) is 5.56 Å². The second kappa shape index (κ2) is 9.40. The van der Waals surface area contributed by atoms with Crippen molar-refractivity contribution >= 4 is 5.97 Å². The predicted molar refractivity (Wildman–Crippen MR) is 90.8 cm³/mol. The van der Waals surface area contributed by atoms with E-state index in [9.17, 15) is 19.4 Å². The highest BCUT2D eigenvalue weighted by Gasteiger charge is 2.49. The lowest BCUT2D eigenvalue weighted by molar-refractivity contribution is -0.237. The van der Waals surface area contributed by atoms with Crippen molar-refractivity contribution in [1.82, 2.24) is 0 Å². The lowest BCUT2D eigenvalue weighted by atomic mass is 10.1. The lowest BCUT2D eigenvalue weighted by Crippen LogP contribution is -2.54. The molecule has 0 aliphatic rings. The van der Waals surface area contributed by atoms with Crippen LogP contribution in [-0.2, 0) is 27.5 Å². The van der Waals surface area contributed by atoms with Gasteiger partial charge < -0.3 is 24.8 Å². The normalized spacial score (nSPS) is 15.8. The maximum Gasteiger partial charge on any atom is 0.372 e. The van der Waals surface area contributed by atoms with Gasteiger partial charge in [-0.05, 0) is 11.1 Å². The number of aliphatic hydroxyl groups is 2. The Morgan fingerprint density at radius 3 is 2.00 bits per heavy atom. The number of benzene rings is 2. The molecule has 0 bridgehead atoms. The number of hydrogen-bond acceptors (Lipinski definition) is 5. The van der Waals surface area contributed by atoms with Gasteiger partial charge in [0.2, 0.25) is 0 Å². The quantitative estimate of drug-likeness (QED) is 0.596. The maximum atomic E-state index is 14.2. The smallest absolute Gasteiger partial charge is 0.372 e. The molecule has 0 unspecified atom stereocenters. The Hall–Kier alpha value is -2.32. The van der Waals surface area contributed by atoms with E-state index in [4.69, 9.17) is 14.6 Å². The molecule has 0 heterocycles. The number of hydrogen-bond donors (Lipinski definition) is 3. The minimum Gasteiger partial charge on any atom is -0.477 e. The Labute approximate surface area is 150 Å². The minimum atomic E-state index is -3.76. The van der Waals surface area contributed by atoms with Gasteiger partial charge in [-0.3, -0.25) is 0 Å². The third-order valence-corrected chi connectivity index (χ3v) is 3.70. The zero-order valence-electron chi connectivity index (χ0n) is 14.0. The summed E-state index contributed by atoms with van der Waals surface area (Å²) in [6.45, 7) is -0.449. The summed E-state index contributed by atoms with van der Waals surface area (Å²) < 4.78 is 24.7. The number of aliphatic hydroxyl groups excluding tert-OH is 1. The van der Waals surface area contributed by atoms with Gasteiger partial charge in [0, 0.05) is 0 Å². The molecule has 0 aliphatic heterocycles. The molecule has 0 saturated carbocycles. The van der Waals surface area contributed by atoms with Gasteiger partial charge in [-0.25, -0.2) is 4.79 Å². The van der Waals surface area contributed by atoms with Gasteiger partial charge in [0.05, 0.1) is 19.8 Å². The summed E-state index contributed by atoms with van der Waals surface area (Å²) in [5, 5.41) is 28.6. The van der Waals surface area contributed by atoms with E-state index < -0.39 is 30.6 Å². The average Bonchev–Trinajstić information content (AvgIpc) is 2.63. The van der Waals surface area contributed by atoms with Crippen LogP contribution in [0.25, 0.3) is 0 Å².